The number of rotatable bonds is 2. The molecule has 0 heteroatoms. The fourth-order valence-corrected chi connectivity index (χ4v) is 2.12. The molecule has 0 aromatic carbocycles. The molecule has 78 valence electrons. The zero-order valence-electron chi connectivity index (χ0n) is 9.98. The summed E-state index contributed by atoms with van der Waals surface area (Å²) >= 11 is 0. The summed E-state index contributed by atoms with van der Waals surface area (Å²) in [5, 5.41) is 0. The number of allylic oxidation sites excluding steroid dienone is 5. The second-order valence-electron chi connectivity index (χ2n) is 4.82. The zero-order chi connectivity index (χ0) is 10.7. The Morgan fingerprint density at radius 1 is 1.43 bits per heavy atom. The summed E-state index contributed by atoms with van der Waals surface area (Å²) in [6.07, 6.45) is 6.05. The van der Waals surface area contributed by atoms with E-state index < -0.39 is 0 Å². The van der Waals surface area contributed by atoms with E-state index in [0.717, 1.165) is 12.3 Å². The first-order chi connectivity index (χ1) is 6.50. The highest BCUT2D eigenvalue weighted by Gasteiger charge is 2.15. The van der Waals surface area contributed by atoms with E-state index in [9.17, 15) is 0 Å². The molecule has 0 aliphatic heterocycles. The average Bonchev–Trinajstić information content (AvgIpc) is 2.01. The Kier molecular flexibility index (Phi) is 3.74. The van der Waals surface area contributed by atoms with E-state index in [1.54, 1.807) is 5.57 Å². The van der Waals surface area contributed by atoms with Gasteiger partial charge in [0.25, 0.3) is 0 Å². The SMILES string of the molecule is C=C(C)CC1=C[C@@H](C)CCC1=C(C)C. The molecule has 14 heavy (non-hydrogen) atoms. The van der Waals surface area contributed by atoms with E-state index in [2.05, 4.69) is 40.3 Å². The summed E-state index contributed by atoms with van der Waals surface area (Å²) in [6, 6.07) is 0. The maximum Gasteiger partial charge on any atom is -0.00729 e. The van der Waals surface area contributed by atoms with E-state index in [0.29, 0.717) is 0 Å². The van der Waals surface area contributed by atoms with Crippen LogP contribution in [0.25, 0.3) is 0 Å². The Hall–Kier alpha value is -0.780. The third-order valence-corrected chi connectivity index (χ3v) is 2.82. The largest absolute Gasteiger partial charge is 0.0998 e. The molecule has 0 nitrogen and oxygen atoms in total. The van der Waals surface area contributed by atoms with Crippen molar-refractivity contribution in [2.45, 2.75) is 47.0 Å². The first-order valence-electron chi connectivity index (χ1n) is 5.52. The highest BCUT2D eigenvalue weighted by molar-refractivity contribution is 5.39. The molecule has 1 atom stereocenters. The molecular formula is C14H22. The van der Waals surface area contributed by atoms with Gasteiger partial charge >= 0.3 is 0 Å². The zero-order valence-corrected chi connectivity index (χ0v) is 9.98. The van der Waals surface area contributed by atoms with Crippen molar-refractivity contribution in [1.29, 1.82) is 0 Å². The van der Waals surface area contributed by atoms with Gasteiger partial charge in [0.2, 0.25) is 0 Å². The molecule has 0 unspecified atom stereocenters. The lowest BCUT2D eigenvalue weighted by molar-refractivity contribution is 0.613. The van der Waals surface area contributed by atoms with Crippen LogP contribution in [-0.4, -0.2) is 0 Å². The second-order valence-corrected chi connectivity index (χ2v) is 4.82. The van der Waals surface area contributed by atoms with Crippen molar-refractivity contribution >= 4 is 0 Å². The van der Waals surface area contributed by atoms with Crippen LogP contribution in [0.2, 0.25) is 0 Å². The quantitative estimate of drug-likeness (QED) is 0.556. The Bertz CT molecular complexity index is 285. The van der Waals surface area contributed by atoms with Gasteiger partial charge in [-0.3, -0.25) is 0 Å². The Morgan fingerprint density at radius 3 is 2.57 bits per heavy atom. The Morgan fingerprint density at radius 2 is 2.07 bits per heavy atom. The summed E-state index contributed by atoms with van der Waals surface area (Å²) in [5.41, 5.74) is 5.84. The maximum atomic E-state index is 4.00. The van der Waals surface area contributed by atoms with Crippen molar-refractivity contribution in [3.63, 3.8) is 0 Å². The average molecular weight is 190 g/mol. The third-order valence-electron chi connectivity index (χ3n) is 2.82. The van der Waals surface area contributed by atoms with Crippen LogP contribution in [0.15, 0.2) is 34.9 Å². The van der Waals surface area contributed by atoms with Gasteiger partial charge in [-0.2, -0.15) is 0 Å². The summed E-state index contributed by atoms with van der Waals surface area (Å²) in [5.74, 6) is 0.743. The highest BCUT2D eigenvalue weighted by atomic mass is 14.2. The van der Waals surface area contributed by atoms with Crippen LogP contribution < -0.4 is 0 Å². The topological polar surface area (TPSA) is 0 Å². The van der Waals surface area contributed by atoms with Gasteiger partial charge in [-0.15, -0.1) is 0 Å². The van der Waals surface area contributed by atoms with E-state index >= 15 is 0 Å². The smallest absolute Gasteiger partial charge is 0.00729 e. The molecule has 1 aliphatic carbocycles. The Labute approximate surface area is 88.4 Å². The van der Waals surface area contributed by atoms with Crippen LogP contribution in [-0.2, 0) is 0 Å². The molecule has 0 aromatic rings. The van der Waals surface area contributed by atoms with Crippen LogP contribution in [0.5, 0.6) is 0 Å². The number of hydrogen-bond acceptors (Lipinski definition) is 0. The monoisotopic (exact) mass is 190 g/mol. The van der Waals surface area contributed by atoms with E-state index in [-0.39, 0.29) is 0 Å². The fraction of sp³-hybridized carbons (Fsp3) is 0.571. The van der Waals surface area contributed by atoms with Gasteiger partial charge in [0, 0.05) is 0 Å². The lowest BCUT2D eigenvalue weighted by Gasteiger charge is -2.23. The fourth-order valence-electron chi connectivity index (χ4n) is 2.12. The maximum absolute atomic E-state index is 4.00. The van der Waals surface area contributed by atoms with Gasteiger partial charge in [-0.05, 0) is 57.1 Å². The van der Waals surface area contributed by atoms with E-state index in [1.165, 1.54) is 29.6 Å². The van der Waals surface area contributed by atoms with Crippen LogP contribution >= 0.6 is 0 Å². The van der Waals surface area contributed by atoms with Crippen LogP contribution in [0, 0.1) is 5.92 Å². The van der Waals surface area contributed by atoms with Gasteiger partial charge in [-0.1, -0.05) is 30.7 Å². The molecule has 0 fully saturated rings. The number of hydrogen-bond donors (Lipinski definition) is 0. The van der Waals surface area contributed by atoms with Crippen LogP contribution in [0.3, 0.4) is 0 Å². The molecule has 0 N–H and O–H groups in total. The van der Waals surface area contributed by atoms with Crippen LogP contribution in [0.4, 0.5) is 0 Å². The highest BCUT2D eigenvalue weighted by Crippen LogP contribution is 2.33. The second kappa shape index (κ2) is 4.63. The summed E-state index contributed by atoms with van der Waals surface area (Å²) in [6.45, 7) is 12.9. The molecule has 1 aliphatic rings. The van der Waals surface area contributed by atoms with Crippen molar-refractivity contribution in [2.24, 2.45) is 5.92 Å². The van der Waals surface area contributed by atoms with E-state index in [4.69, 9.17) is 0 Å². The third kappa shape index (κ3) is 2.87. The molecule has 0 saturated carbocycles. The van der Waals surface area contributed by atoms with Crippen molar-refractivity contribution in [2.75, 3.05) is 0 Å². The first kappa shape index (κ1) is 11.3. The Balaban J connectivity index is 2.94. The molecule has 0 aromatic heterocycles. The summed E-state index contributed by atoms with van der Waals surface area (Å²) in [7, 11) is 0. The molecule has 1 rings (SSSR count). The molecule has 0 spiro atoms. The molecule has 0 amide bonds. The molecule has 0 heterocycles. The minimum atomic E-state index is 0.743. The van der Waals surface area contributed by atoms with Gasteiger partial charge in [0.15, 0.2) is 0 Å². The van der Waals surface area contributed by atoms with Crippen LogP contribution in [0.1, 0.15) is 47.0 Å². The van der Waals surface area contributed by atoms with Crippen molar-refractivity contribution < 1.29 is 0 Å². The van der Waals surface area contributed by atoms with Gasteiger partial charge < -0.3 is 0 Å². The molecule has 0 saturated heterocycles. The standard InChI is InChI=1S/C14H22/c1-10(2)8-13-9-12(5)6-7-14(13)11(3)4/h9,12H,1,6-8H2,2-5H3/t12-/m0/s1. The predicted molar refractivity (Wildman–Crippen MR) is 64.3 cm³/mol. The van der Waals surface area contributed by atoms with Gasteiger partial charge in [-0.25, -0.2) is 0 Å². The summed E-state index contributed by atoms with van der Waals surface area (Å²) < 4.78 is 0. The van der Waals surface area contributed by atoms with Crippen molar-refractivity contribution in [1.82, 2.24) is 0 Å². The molecular weight excluding hydrogens is 168 g/mol. The molecule has 0 bridgehead atoms. The van der Waals surface area contributed by atoms with Crippen molar-refractivity contribution in [3.05, 3.63) is 34.9 Å². The van der Waals surface area contributed by atoms with Crippen molar-refractivity contribution in [3.8, 4) is 0 Å². The first-order valence-corrected chi connectivity index (χ1v) is 5.52. The summed E-state index contributed by atoms with van der Waals surface area (Å²) in [4.78, 5) is 0. The van der Waals surface area contributed by atoms with E-state index in [1.807, 2.05) is 0 Å². The normalized spacial score (nSPS) is 21.9. The minimum Gasteiger partial charge on any atom is -0.0998 e. The predicted octanol–water partition coefficient (Wildman–Crippen LogP) is 4.65. The van der Waals surface area contributed by atoms with Gasteiger partial charge in [0.05, 0.1) is 0 Å². The lowest BCUT2D eigenvalue weighted by atomic mass is 9.83. The lowest BCUT2D eigenvalue weighted by Crippen LogP contribution is -2.05. The minimum absolute atomic E-state index is 0.743. The van der Waals surface area contributed by atoms with Gasteiger partial charge in [0.1, 0.15) is 0 Å². The molecule has 0 radical (unpaired) electrons.